The molecule has 4 unspecified atom stereocenters. The van der Waals surface area contributed by atoms with Gasteiger partial charge in [-0.25, -0.2) is 0 Å². The van der Waals surface area contributed by atoms with Crippen molar-refractivity contribution in [1.29, 1.82) is 0 Å². The van der Waals surface area contributed by atoms with E-state index in [1.54, 1.807) is 5.56 Å². The van der Waals surface area contributed by atoms with E-state index < -0.39 is 11.6 Å². The zero-order valence-corrected chi connectivity index (χ0v) is 24.8. The molecule has 0 aliphatic heterocycles. The Bertz CT molecular complexity index is 1060. The second-order valence-electron chi connectivity index (χ2n) is 13.1. The van der Waals surface area contributed by atoms with Gasteiger partial charge < -0.3 is 9.47 Å². The Hall–Kier alpha value is -2.10. The van der Waals surface area contributed by atoms with Crippen molar-refractivity contribution in [3.63, 3.8) is 0 Å². The summed E-state index contributed by atoms with van der Waals surface area (Å²) in [6.45, 7) is 5.16. The van der Waals surface area contributed by atoms with Gasteiger partial charge in [-0.1, -0.05) is 51.0 Å². The topological polar surface area (TPSA) is 18.5 Å². The number of fused-ring (bicyclic) bond motifs is 1. The number of rotatable bonds is 11. The smallest absolute Gasteiger partial charge is 0.204 e. The molecule has 0 amide bonds. The van der Waals surface area contributed by atoms with Crippen LogP contribution in [0.3, 0.4) is 0 Å². The highest BCUT2D eigenvalue weighted by molar-refractivity contribution is 5.35. The Morgan fingerprint density at radius 2 is 1.25 bits per heavy atom. The van der Waals surface area contributed by atoms with Gasteiger partial charge >= 0.3 is 0 Å². The zero-order chi connectivity index (χ0) is 27.9. The van der Waals surface area contributed by atoms with Crippen molar-refractivity contribution in [2.24, 2.45) is 29.6 Å². The van der Waals surface area contributed by atoms with Crippen LogP contribution in [0.1, 0.15) is 114 Å². The fraction of sp³-hybridized carbons (Fsp3) is 0.667. The van der Waals surface area contributed by atoms with Gasteiger partial charge in [0.1, 0.15) is 0 Å². The van der Waals surface area contributed by atoms with Crippen molar-refractivity contribution in [2.75, 3.05) is 13.2 Å². The van der Waals surface area contributed by atoms with E-state index in [0.717, 1.165) is 48.9 Å². The first-order valence-electron chi connectivity index (χ1n) is 16.4. The number of aryl methyl sites for hydroxylation is 1. The molecule has 0 saturated heterocycles. The standard InChI is InChI=1S/C36H50F2O2/c1-3-5-21-39-33-19-20-34(36(38)35(33)37)40-24-26-9-12-32-23-31(18-17-30(32)22-26)29-15-13-28(14-16-29)27-10-7-25(6-4-2)8-11-27/h7-8,10-11,19-20,26,28-32H,3-6,9,12-18,21-24H2,1-2H3. The summed E-state index contributed by atoms with van der Waals surface area (Å²) < 4.78 is 40.2. The summed E-state index contributed by atoms with van der Waals surface area (Å²) in [5.41, 5.74) is 3.03. The lowest BCUT2D eigenvalue weighted by Gasteiger charge is -2.45. The Morgan fingerprint density at radius 3 is 1.93 bits per heavy atom. The lowest BCUT2D eigenvalue weighted by atomic mass is 9.61. The normalized spacial score (nSPS) is 28.6. The van der Waals surface area contributed by atoms with E-state index in [4.69, 9.17) is 9.47 Å². The Kier molecular flexibility index (Phi) is 10.4. The molecule has 0 spiro atoms. The molecule has 2 aromatic rings. The molecule has 3 saturated carbocycles. The van der Waals surface area contributed by atoms with Crippen LogP contribution in [-0.2, 0) is 6.42 Å². The van der Waals surface area contributed by atoms with Gasteiger partial charge in [-0.05, 0) is 136 Å². The molecule has 0 bridgehead atoms. The van der Waals surface area contributed by atoms with Crippen molar-refractivity contribution in [3.05, 3.63) is 59.2 Å². The van der Waals surface area contributed by atoms with Crippen LogP contribution in [0, 0.1) is 41.2 Å². The van der Waals surface area contributed by atoms with Gasteiger partial charge in [0.15, 0.2) is 11.5 Å². The average molecular weight is 553 g/mol. The van der Waals surface area contributed by atoms with Crippen LogP contribution >= 0.6 is 0 Å². The quantitative estimate of drug-likeness (QED) is 0.258. The van der Waals surface area contributed by atoms with Gasteiger partial charge in [0.25, 0.3) is 0 Å². The van der Waals surface area contributed by atoms with E-state index in [0.29, 0.717) is 19.1 Å². The summed E-state index contributed by atoms with van der Waals surface area (Å²) in [5.74, 6) is 2.73. The lowest BCUT2D eigenvalue weighted by Crippen LogP contribution is -2.35. The average Bonchev–Trinajstić information content (AvgIpc) is 2.99. The summed E-state index contributed by atoms with van der Waals surface area (Å²) in [6.07, 6.45) is 17.3. The molecule has 0 radical (unpaired) electrons. The molecule has 3 fully saturated rings. The van der Waals surface area contributed by atoms with Gasteiger partial charge in [-0.3, -0.25) is 0 Å². The molecule has 4 heteroatoms. The molecular weight excluding hydrogens is 502 g/mol. The van der Waals surface area contributed by atoms with E-state index in [1.165, 1.54) is 88.3 Å². The SMILES string of the molecule is CCCCOc1ccc(OCC2CCC3CC(C4CCC(c5ccc(CCC)cc5)CC4)CCC3C2)c(F)c1F. The van der Waals surface area contributed by atoms with Gasteiger partial charge in [0.05, 0.1) is 13.2 Å². The number of hydrogen-bond donors (Lipinski definition) is 0. The summed E-state index contributed by atoms with van der Waals surface area (Å²) in [6, 6.07) is 12.5. The van der Waals surface area contributed by atoms with Gasteiger partial charge in [0, 0.05) is 0 Å². The predicted octanol–water partition coefficient (Wildman–Crippen LogP) is 10.3. The first-order chi connectivity index (χ1) is 19.6. The molecular formula is C36H50F2O2. The molecule has 0 N–H and O–H groups in total. The second kappa shape index (κ2) is 14.2. The number of halogens is 2. The highest BCUT2D eigenvalue weighted by atomic mass is 19.2. The van der Waals surface area contributed by atoms with Crippen molar-refractivity contribution in [2.45, 2.75) is 110 Å². The van der Waals surface area contributed by atoms with Crippen LogP contribution in [0.25, 0.3) is 0 Å². The molecule has 3 aliphatic carbocycles. The minimum atomic E-state index is -0.936. The van der Waals surface area contributed by atoms with Crippen LogP contribution in [0.2, 0.25) is 0 Å². The summed E-state index contributed by atoms with van der Waals surface area (Å²) >= 11 is 0. The zero-order valence-electron chi connectivity index (χ0n) is 24.8. The lowest BCUT2D eigenvalue weighted by molar-refractivity contribution is 0.0508. The number of hydrogen-bond acceptors (Lipinski definition) is 2. The minimum Gasteiger partial charge on any atom is -0.490 e. The number of unbranched alkanes of at least 4 members (excludes halogenated alkanes) is 1. The molecule has 3 aliphatic rings. The van der Waals surface area contributed by atoms with Gasteiger partial charge in [0.2, 0.25) is 11.6 Å². The minimum absolute atomic E-state index is 0.0127. The third-order valence-corrected chi connectivity index (χ3v) is 10.4. The monoisotopic (exact) mass is 552 g/mol. The van der Waals surface area contributed by atoms with E-state index in [-0.39, 0.29) is 11.5 Å². The van der Waals surface area contributed by atoms with E-state index in [1.807, 2.05) is 6.92 Å². The third kappa shape index (κ3) is 7.21. The Balaban J connectivity index is 1.05. The first kappa shape index (κ1) is 29.4. The van der Waals surface area contributed by atoms with Crippen LogP contribution in [0.15, 0.2) is 36.4 Å². The fourth-order valence-electron chi connectivity index (χ4n) is 8.04. The molecule has 4 atom stereocenters. The molecule has 2 nitrogen and oxygen atoms in total. The van der Waals surface area contributed by atoms with E-state index in [9.17, 15) is 8.78 Å². The summed E-state index contributed by atoms with van der Waals surface area (Å²) in [5, 5.41) is 0. The van der Waals surface area contributed by atoms with Crippen LogP contribution < -0.4 is 9.47 Å². The summed E-state index contributed by atoms with van der Waals surface area (Å²) in [7, 11) is 0. The van der Waals surface area contributed by atoms with Crippen molar-refractivity contribution < 1.29 is 18.3 Å². The fourth-order valence-corrected chi connectivity index (χ4v) is 8.04. The maximum absolute atomic E-state index is 14.6. The van der Waals surface area contributed by atoms with Gasteiger partial charge in [-0.2, -0.15) is 8.78 Å². The highest BCUT2D eigenvalue weighted by Gasteiger charge is 2.39. The largest absolute Gasteiger partial charge is 0.490 e. The van der Waals surface area contributed by atoms with Crippen molar-refractivity contribution in [1.82, 2.24) is 0 Å². The molecule has 0 aromatic heterocycles. The van der Waals surface area contributed by atoms with E-state index >= 15 is 0 Å². The highest BCUT2D eigenvalue weighted by Crippen LogP contribution is 2.50. The number of benzene rings is 2. The molecule has 40 heavy (non-hydrogen) atoms. The Labute approximate surface area is 241 Å². The molecule has 5 rings (SSSR count). The second-order valence-corrected chi connectivity index (χ2v) is 13.1. The third-order valence-electron chi connectivity index (χ3n) is 10.4. The van der Waals surface area contributed by atoms with Crippen molar-refractivity contribution in [3.8, 4) is 11.5 Å². The predicted molar refractivity (Wildman–Crippen MR) is 159 cm³/mol. The first-order valence-corrected chi connectivity index (χ1v) is 16.4. The Morgan fingerprint density at radius 1 is 0.650 bits per heavy atom. The van der Waals surface area contributed by atoms with Gasteiger partial charge in [-0.15, -0.1) is 0 Å². The van der Waals surface area contributed by atoms with Crippen LogP contribution in [0.5, 0.6) is 11.5 Å². The summed E-state index contributed by atoms with van der Waals surface area (Å²) in [4.78, 5) is 0. The van der Waals surface area contributed by atoms with Crippen molar-refractivity contribution >= 4 is 0 Å². The molecule has 220 valence electrons. The van der Waals surface area contributed by atoms with Crippen LogP contribution in [0.4, 0.5) is 8.78 Å². The maximum atomic E-state index is 14.6. The maximum Gasteiger partial charge on any atom is 0.204 e. The molecule has 0 heterocycles. The van der Waals surface area contributed by atoms with Crippen LogP contribution in [-0.4, -0.2) is 13.2 Å². The number of ether oxygens (including phenoxy) is 2. The molecule has 2 aromatic carbocycles. The van der Waals surface area contributed by atoms with E-state index in [2.05, 4.69) is 31.2 Å².